The standard InChI is InChI=1S/C6H8NO3.K/c8-4-3-7-5(9)1-2-6(7)10;/h1-4H2;/q-1;+1. The summed E-state index contributed by atoms with van der Waals surface area (Å²) in [5.74, 6) is -0.415. The molecule has 0 spiro atoms. The normalized spacial score (nSPS) is 17.0. The molecule has 1 aliphatic rings. The molecule has 0 unspecified atom stereocenters. The summed E-state index contributed by atoms with van der Waals surface area (Å²) in [7, 11) is 0. The van der Waals surface area contributed by atoms with Gasteiger partial charge in [-0.05, 0) is 0 Å². The number of rotatable bonds is 2. The van der Waals surface area contributed by atoms with Gasteiger partial charge in [0.05, 0.1) is 0 Å². The number of hydrogen-bond acceptors (Lipinski definition) is 3. The molecule has 0 atom stereocenters. The van der Waals surface area contributed by atoms with Gasteiger partial charge in [0.15, 0.2) is 0 Å². The predicted octanol–water partition coefficient (Wildman–Crippen LogP) is -4.50. The van der Waals surface area contributed by atoms with E-state index < -0.39 is 6.61 Å². The van der Waals surface area contributed by atoms with E-state index in [4.69, 9.17) is 0 Å². The topological polar surface area (TPSA) is 60.4 Å². The van der Waals surface area contributed by atoms with Crippen LogP contribution in [0, 0.1) is 0 Å². The van der Waals surface area contributed by atoms with E-state index in [9.17, 15) is 14.7 Å². The fraction of sp³-hybridized carbons (Fsp3) is 0.667. The first-order valence-corrected chi connectivity index (χ1v) is 3.17. The molecule has 11 heavy (non-hydrogen) atoms. The summed E-state index contributed by atoms with van der Waals surface area (Å²) in [6.07, 6.45) is 0.553. The third-order valence-corrected chi connectivity index (χ3v) is 1.47. The van der Waals surface area contributed by atoms with Gasteiger partial charge in [-0.3, -0.25) is 14.5 Å². The third kappa shape index (κ3) is 2.93. The van der Waals surface area contributed by atoms with Crippen LogP contribution in [-0.2, 0) is 9.59 Å². The molecule has 0 saturated carbocycles. The second-order valence-corrected chi connectivity index (χ2v) is 2.14. The zero-order valence-electron chi connectivity index (χ0n) is 6.50. The molecule has 1 heterocycles. The van der Waals surface area contributed by atoms with Crippen LogP contribution in [0.3, 0.4) is 0 Å². The van der Waals surface area contributed by atoms with E-state index in [1.807, 2.05) is 0 Å². The van der Waals surface area contributed by atoms with E-state index in [0.29, 0.717) is 0 Å². The van der Waals surface area contributed by atoms with Crippen LogP contribution in [-0.4, -0.2) is 29.9 Å². The number of amides is 2. The molecule has 4 nitrogen and oxygen atoms in total. The molecule has 1 saturated heterocycles. The van der Waals surface area contributed by atoms with E-state index in [2.05, 4.69) is 0 Å². The van der Waals surface area contributed by atoms with Gasteiger partial charge in [0.2, 0.25) is 11.8 Å². The first kappa shape index (κ1) is 11.7. The molecule has 5 heteroatoms. The fourth-order valence-electron chi connectivity index (χ4n) is 0.964. The molecule has 0 aromatic heterocycles. The molecular weight excluding hydrogens is 173 g/mol. The minimum atomic E-state index is -0.391. The maximum atomic E-state index is 10.7. The van der Waals surface area contributed by atoms with Crippen molar-refractivity contribution in [3.8, 4) is 0 Å². The van der Waals surface area contributed by atoms with Crippen molar-refractivity contribution in [2.24, 2.45) is 0 Å². The van der Waals surface area contributed by atoms with Crippen molar-refractivity contribution in [1.82, 2.24) is 4.90 Å². The SMILES string of the molecule is O=C1CCC(=O)N1CC[O-].[K+]. The summed E-state index contributed by atoms with van der Waals surface area (Å²) in [6.45, 7) is -0.352. The largest absolute Gasteiger partial charge is 1.00 e. The van der Waals surface area contributed by atoms with Gasteiger partial charge in [-0.2, -0.15) is 0 Å². The van der Waals surface area contributed by atoms with Crippen molar-refractivity contribution in [2.75, 3.05) is 13.2 Å². The van der Waals surface area contributed by atoms with Gasteiger partial charge in [0, 0.05) is 19.4 Å². The Labute approximate surface area is 107 Å². The van der Waals surface area contributed by atoms with Gasteiger partial charge in [0.1, 0.15) is 0 Å². The Balaban J connectivity index is 0.000001000. The Morgan fingerprint density at radius 1 is 1.27 bits per heavy atom. The summed E-state index contributed by atoms with van der Waals surface area (Å²) in [5.41, 5.74) is 0. The Kier molecular flexibility index (Phi) is 5.76. The fourth-order valence-corrected chi connectivity index (χ4v) is 0.964. The van der Waals surface area contributed by atoms with Crippen molar-refractivity contribution in [3.63, 3.8) is 0 Å². The average molecular weight is 181 g/mol. The number of carbonyl (C=O) groups excluding carboxylic acids is 2. The van der Waals surface area contributed by atoms with Gasteiger partial charge < -0.3 is 5.11 Å². The summed E-state index contributed by atoms with van der Waals surface area (Å²) in [5, 5.41) is 10.0. The first-order chi connectivity index (χ1) is 4.75. The van der Waals surface area contributed by atoms with Crippen LogP contribution in [0.1, 0.15) is 12.8 Å². The summed E-state index contributed by atoms with van der Waals surface area (Å²) >= 11 is 0. The van der Waals surface area contributed by atoms with Crippen LogP contribution < -0.4 is 56.5 Å². The summed E-state index contributed by atoms with van der Waals surface area (Å²) < 4.78 is 0. The smallest absolute Gasteiger partial charge is 0.853 e. The Morgan fingerprint density at radius 2 is 1.73 bits per heavy atom. The van der Waals surface area contributed by atoms with E-state index >= 15 is 0 Å². The monoisotopic (exact) mass is 181 g/mol. The molecule has 0 aliphatic carbocycles. The minimum absolute atomic E-state index is 0. The maximum Gasteiger partial charge on any atom is 1.00 e. The van der Waals surface area contributed by atoms with E-state index in [-0.39, 0.29) is 82.6 Å². The zero-order chi connectivity index (χ0) is 7.56. The Morgan fingerprint density at radius 3 is 2.09 bits per heavy atom. The first-order valence-electron chi connectivity index (χ1n) is 3.17. The Bertz CT molecular complexity index is 155. The average Bonchev–Trinajstić information content (AvgIpc) is 2.20. The van der Waals surface area contributed by atoms with Gasteiger partial charge >= 0.3 is 51.4 Å². The van der Waals surface area contributed by atoms with Crippen LogP contribution in [0.15, 0.2) is 0 Å². The zero-order valence-corrected chi connectivity index (χ0v) is 9.62. The number of hydrogen-bond donors (Lipinski definition) is 0. The van der Waals surface area contributed by atoms with Gasteiger partial charge in [-0.1, -0.05) is 0 Å². The van der Waals surface area contributed by atoms with Crippen LogP contribution in [0.2, 0.25) is 0 Å². The predicted molar refractivity (Wildman–Crippen MR) is 30.8 cm³/mol. The summed E-state index contributed by atoms with van der Waals surface area (Å²) in [6, 6.07) is 0. The molecule has 0 aromatic carbocycles. The van der Waals surface area contributed by atoms with Gasteiger partial charge in [-0.15, -0.1) is 6.61 Å². The molecule has 56 valence electrons. The second-order valence-electron chi connectivity index (χ2n) is 2.14. The van der Waals surface area contributed by atoms with Crippen molar-refractivity contribution in [3.05, 3.63) is 0 Å². The summed E-state index contributed by atoms with van der Waals surface area (Å²) in [4.78, 5) is 22.5. The van der Waals surface area contributed by atoms with E-state index in [1.54, 1.807) is 0 Å². The van der Waals surface area contributed by atoms with Crippen molar-refractivity contribution < 1.29 is 66.1 Å². The number of nitrogens with zero attached hydrogens (tertiary/aromatic N) is 1. The molecule has 1 fully saturated rings. The van der Waals surface area contributed by atoms with E-state index in [0.717, 1.165) is 4.90 Å². The number of imide groups is 1. The molecule has 1 aliphatic heterocycles. The van der Waals surface area contributed by atoms with Crippen molar-refractivity contribution in [1.29, 1.82) is 0 Å². The minimum Gasteiger partial charge on any atom is -0.853 e. The molecule has 0 N–H and O–H groups in total. The van der Waals surface area contributed by atoms with Gasteiger partial charge in [-0.25, -0.2) is 0 Å². The third-order valence-electron chi connectivity index (χ3n) is 1.47. The number of likely N-dealkylation sites (tertiary alicyclic amines) is 1. The van der Waals surface area contributed by atoms with Crippen LogP contribution in [0.5, 0.6) is 0 Å². The van der Waals surface area contributed by atoms with Crippen LogP contribution in [0.25, 0.3) is 0 Å². The van der Waals surface area contributed by atoms with Crippen LogP contribution in [0.4, 0.5) is 0 Å². The molecule has 1 rings (SSSR count). The van der Waals surface area contributed by atoms with Crippen LogP contribution >= 0.6 is 0 Å². The van der Waals surface area contributed by atoms with Crippen molar-refractivity contribution >= 4 is 11.8 Å². The second kappa shape index (κ2) is 5.39. The number of carbonyl (C=O) groups is 2. The molecule has 2 amide bonds. The Hall–Kier alpha value is 0.736. The van der Waals surface area contributed by atoms with Gasteiger partial charge in [0.25, 0.3) is 0 Å². The molecule has 0 radical (unpaired) electrons. The molecule has 0 aromatic rings. The molecule has 0 bridgehead atoms. The van der Waals surface area contributed by atoms with E-state index in [1.165, 1.54) is 0 Å². The van der Waals surface area contributed by atoms with Crippen molar-refractivity contribution in [2.45, 2.75) is 12.8 Å². The molecular formula is C6H8KNO3. The quantitative estimate of drug-likeness (QED) is 0.319. The maximum absolute atomic E-state index is 10.7.